The fourth-order valence-electron chi connectivity index (χ4n) is 4.28. The van der Waals surface area contributed by atoms with Gasteiger partial charge in [-0.1, -0.05) is 66.7 Å². The van der Waals surface area contributed by atoms with Crippen molar-refractivity contribution in [3.63, 3.8) is 0 Å². The van der Waals surface area contributed by atoms with Crippen molar-refractivity contribution in [3.05, 3.63) is 129 Å². The van der Waals surface area contributed by atoms with Crippen LogP contribution in [0.2, 0.25) is 0 Å². The lowest BCUT2D eigenvalue weighted by Gasteiger charge is -2.29. The summed E-state index contributed by atoms with van der Waals surface area (Å²) in [5, 5.41) is 12.6. The minimum atomic E-state index is -0.754. The molecule has 0 saturated heterocycles. The van der Waals surface area contributed by atoms with Crippen molar-refractivity contribution in [2.75, 3.05) is 0 Å². The normalized spacial score (nSPS) is 17.2. The van der Waals surface area contributed by atoms with Crippen LogP contribution < -0.4 is 10.7 Å². The number of hydrogen-bond acceptors (Lipinski definition) is 6. The van der Waals surface area contributed by atoms with Gasteiger partial charge < -0.3 is 24.3 Å². The Morgan fingerprint density at radius 1 is 0.946 bits per heavy atom. The summed E-state index contributed by atoms with van der Waals surface area (Å²) < 4.78 is 17.7. The predicted octanol–water partition coefficient (Wildman–Crippen LogP) is 4.53. The average Bonchev–Trinajstić information content (AvgIpc) is 2.96. The number of aliphatic hydroxyl groups excluding tert-OH is 1. The molecule has 2 N–H and O–H groups in total. The Bertz CT molecular complexity index is 1460. The molecule has 1 amide bonds. The van der Waals surface area contributed by atoms with Gasteiger partial charge in [0.2, 0.25) is 6.29 Å². The van der Waals surface area contributed by atoms with Gasteiger partial charge in [-0.25, -0.2) is 0 Å². The van der Waals surface area contributed by atoms with E-state index in [1.165, 1.54) is 6.26 Å². The molecule has 0 unspecified atom stereocenters. The molecule has 3 aromatic carbocycles. The third-order valence-corrected chi connectivity index (χ3v) is 6.32. The van der Waals surface area contributed by atoms with Crippen LogP contribution in [0.25, 0.3) is 11.0 Å². The summed E-state index contributed by atoms with van der Waals surface area (Å²) in [5.74, 6) is -0.728. The molecule has 0 radical (unpaired) electrons. The molecule has 2 atom stereocenters. The number of hydrogen-bond donors (Lipinski definition) is 2. The van der Waals surface area contributed by atoms with Crippen LogP contribution in [0.15, 0.2) is 106 Å². The standard InChI is InChI=1S/C30H27NO6/c32-17-21-10-12-22(13-11-21)18-36-28-15-23(25-19-35-26-9-5-4-8-24(26)29(25)33)14-27(37-28)30(34)31-16-20-6-2-1-3-7-20/h1-14,19,23,28,32H,15-18H2,(H,31,34)/t23-,28+/m1/s1. The van der Waals surface area contributed by atoms with Crippen LogP contribution in [0.1, 0.15) is 34.6 Å². The highest BCUT2D eigenvalue weighted by Crippen LogP contribution is 2.31. The summed E-state index contributed by atoms with van der Waals surface area (Å²) in [6, 6.07) is 24.0. The fraction of sp³-hybridized carbons (Fsp3) is 0.200. The van der Waals surface area contributed by atoms with Gasteiger partial charge in [0.05, 0.1) is 24.9 Å². The molecule has 1 aliphatic heterocycles. The third-order valence-electron chi connectivity index (χ3n) is 6.32. The largest absolute Gasteiger partial charge is 0.464 e. The molecule has 2 heterocycles. The highest BCUT2D eigenvalue weighted by Gasteiger charge is 2.30. The number of ether oxygens (including phenoxy) is 2. The Kier molecular flexibility index (Phi) is 7.44. The lowest BCUT2D eigenvalue weighted by molar-refractivity contribution is -0.150. The molecular formula is C30H27NO6. The first-order valence-corrected chi connectivity index (χ1v) is 12.1. The Hall–Kier alpha value is -4.20. The molecule has 0 aliphatic carbocycles. The van der Waals surface area contributed by atoms with Crippen LogP contribution in [0.3, 0.4) is 0 Å². The van der Waals surface area contributed by atoms with Crippen molar-refractivity contribution in [2.24, 2.45) is 0 Å². The number of nitrogens with one attached hydrogen (secondary N) is 1. The van der Waals surface area contributed by atoms with E-state index in [0.717, 1.165) is 16.7 Å². The number of para-hydroxylation sites is 1. The minimum absolute atomic E-state index is 0.0326. The third kappa shape index (κ3) is 5.80. The second-order valence-corrected chi connectivity index (χ2v) is 8.89. The highest BCUT2D eigenvalue weighted by molar-refractivity contribution is 5.91. The molecule has 1 aromatic heterocycles. The van der Waals surface area contributed by atoms with Crippen LogP contribution in [0, 0.1) is 0 Å². The number of allylic oxidation sites excluding steroid dienone is 1. The van der Waals surface area contributed by atoms with E-state index in [-0.39, 0.29) is 30.3 Å². The van der Waals surface area contributed by atoms with Crippen LogP contribution >= 0.6 is 0 Å². The van der Waals surface area contributed by atoms with Gasteiger partial charge in [-0.15, -0.1) is 0 Å². The first-order chi connectivity index (χ1) is 18.1. The van der Waals surface area contributed by atoms with Crippen molar-refractivity contribution in [2.45, 2.75) is 38.4 Å². The maximum absolute atomic E-state index is 13.3. The van der Waals surface area contributed by atoms with Gasteiger partial charge in [0.15, 0.2) is 11.2 Å². The summed E-state index contributed by atoms with van der Waals surface area (Å²) in [5.41, 5.74) is 3.46. The number of benzene rings is 3. The van der Waals surface area contributed by atoms with Gasteiger partial charge in [0.1, 0.15) is 5.58 Å². The van der Waals surface area contributed by atoms with Crippen LogP contribution in [0.5, 0.6) is 0 Å². The van der Waals surface area contributed by atoms with Gasteiger partial charge in [0, 0.05) is 24.4 Å². The molecule has 188 valence electrons. The molecule has 7 nitrogen and oxygen atoms in total. The van der Waals surface area contributed by atoms with Crippen molar-refractivity contribution in [1.82, 2.24) is 5.32 Å². The van der Waals surface area contributed by atoms with Crippen molar-refractivity contribution in [3.8, 4) is 0 Å². The molecule has 0 saturated carbocycles. The van der Waals surface area contributed by atoms with Gasteiger partial charge in [0.25, 0.3) is 5.91 Å². The van der Waals surface area contributed by atoms with Crippen LogP contribution in [-0.4, -0.2) is 17.3 Å². The highest BCUT2D eigenvalue weighted by atomic mass is 16.7. The zero-order valence-corrected chi connectivity index (χ0v) is 20.1. The molecule has 1 aliphatic rings. The Morgan fingerprint density at radius 2 is 1.68 bits per heavy atom. The average molecular weight is 498 g/mol. The molecule has 37 heavy (non-hydrogen) atoms. The van der Waals surface area contributed by atoms with Crippen LogP contribution in [0.4, 0.5) is 0 Å². The molecular weight excluding hydrogens is 470 g/mol. The molecule has 7 heteroatoms. The molecule has 5 rings (SSSR count). The van der Waals surface area contributed by atoms with E-state index in [0.29, 0.717) is 29.5 Å². The molecule has 0 spiro atoms. The maximum Gasteiger partial charge on any atom is 0.286 e. The van der Waals surface area contributed by atoms with E-state index in [4.69, 9.17) is 13.9 Å². The van der Waals surface area contributed by atoms with Gasteiger partial charge in [-0.2, -0.15) is 0 Å². The number of rotatable bonds is 8. The lowest BCUT2D eigenvalue weighted by atomic mass is 9.93. The zero-order chi connectivity index (χ0) is 25.6. The van der Waals surface area contributed by atoms with E-state index in [9.17, 15) is 14.7 Å². The molecule has 0 bridgehead atoms. The number of carbonyl (C=O) groups is 1. The van der Waals surface area contributed by atoms with E-state index < -0.39 is 12.2 Å². The maximum atomic E-state index is 13.3. The Morgan fingerprint density at radius 3 is 2.46 bits per heavy atom. The SMILES string of the molecule is O=C(NCc1ccccc1)C1=C[C@@H](c2coc3ccccc3c2=O)C[C@@H](OCc2ccc(CO)cc2)O1. The van der Waals surface area contributed by atoms with Crippen molar-refractivity contribution >= 4 is 16.9 Å². The Balaban J connectivity index is 1.38. The predicted molar refractivity (Wildman–Crippen MR) is 138 cm³/mol. The quantitative estimate of drug-likeness (QED) is 0.371. The summed E-state index contributed by atoms with van der Waals surface area (Å²) in [7, 11) is 0. The first-order valence-electron chi connectivity index (χ1n) is 12.1. The summed E-state index contributed by atoms with van der Waals surface area (Å²) >= 11 is 0. The van der Waals surface area contributed by atoms with E-state index >= 15 is 0 Å². The van der Waals surface area contributed by atoms with E-state index in [2.05, 4.69) is 5.32 Å². The van der Waals surface area contributed by atoms with Crippen molar-refractivity contribution < 1.29 is 23.8 Å². The first kappa shape index (κ1) is 24.5. The monoisotopic (exact) mass is 497 g/mol. The zero-order valence-electron chi connectivity index (χ0n) is 20.1. The molecule has 4 aromatic rings. The van der Waals surface area contributed by atoms with E-state index in [1.807, 2.05) is 60.7 Å². The van der Waals surface area contributed by atoms with Crippen molar-refractivity contribution in [1.29, 1.82) is 0 Å². The summed E-state index contributed by atoms with van der Waals surface area (Å²) in [6.07, 6.45) is 2.71. The lowest BCUT2D eigenvalue weighted by Crippen LogP contribution is -2.33. The summed E-state index contributed by atoms with van der Waals surface area (Å²) in [6.45, 7) is 0.551. The fourth-order valence-corrected chi connectivity index (χ4v) is 4.28. The van der Waals surface area contributed by atoms with Gasteiger partial charge in [-0.3, -0.25) is 9.59 Å². The molecule has 0 fully saturated rings. The smallest absolute Gasteiger partial charge is 0.286 e. The van der Waals surface area contributed by atoms with E-state index in [1.54, 1.807) is 24.3 Å². The minimum Gasteiger partial charge on any atom is -0.464 e. The topological polar surface area (TPSA) is 98.0 Å². The number of carbonyl (C=O) groups excluding carboxylic acids is 1. The number of amides is 1. The van der Waals surface area contributed by atoms with Crippen LogP contribution in [-0.2, 0) is 34.0 Å². The number of aliphatic hydroxyl groups is 1. The van der Waals surface area contributed by atoms with Gasteiger partial charge in [-0.05, 0) is 34.9 Å². The van der Waals surface area contributed by atoms with Gasteiger partial charge >= 0.3 is 0 Å². The number of fused-ring (bicyclic) bond motifs is 1. The second kappa shape index (κ2) is 11.2. The second-order valence-electron chi connectivity index (χ2n) is 8.89. The summed E-state index contributed by atoms with van der Waals surface area (Å²) in [4.78, 5) is 26.3. The Labute approximate surface area is 214 Å².